The fraction of sp³-hybridized carbons (Fsp3) is 0.529. The van der Waals surface area contributed by atoms with E-state index < -0.39 is 36.1 Å². The largest absolute Gasteiger partial charge is 0.416 e. The molecule has 2 fully saturated rings. The molecule has 1 aromatic rings. The lowest BCUT2D eigenvalue weighted by atomic mass is 10.0. The lowest BCUT2D eigenvalue weighted by molar-refractivity contribution is -0.137. The van der Waals surface area contributed by atoms with Crippen LogP contribution in [0.15, 0.2) is 24.3 Å². The van der Waals surface area contributed by atoms with Crippen molar-refractivity contribution in [1.82, 2.24) is 20.9 Å². The third-order valence-corrected chi connectivity index (χ3v) is 4.66. The Balaban J connectivity index is 1.63. The number of amides is 4. The Morgan fingerprint density at radius 3 is 2.41 bits per heavy atom. The Labute approximate surface area is 154 Å². The molecule has 1 atom stereocenters. The molecule has 0 aliphatic carbocycles. The second-order valence-electron chi connectivity index (χ2n) is 6.56. The van der Waals surface area contributed by atoms with Crippen molar-refractivity contribution < 1.29 is 27.5 Å². The van der Waals surface area contributed by atoms with E-state index in [0.29, 0.717) is 31.6 Å². The third kappa shape index (κ3) is 4.51. The average molecular weight is 386 g/mol. The van der Waals surface area contributed by atoms with Crippen molar-refractivity contribution in [2.45, 2.75) is 44.3 Å². The summed E-state index contributed by atoms with van der Waals surface area (Å²) >= 11 is 0. The number of alkyl halides is 3. The van der Waals surface area contributed by atoms with Gasteiger partial charge in [0, 0.05) is 25.3 Å². The van der Waals surface area contributed by atoms with Gasteiger partial charge < -0.3 is 15.4 Å². The van der Waals surface area contributed by atoms with Gasteiger partial charge in [0.05, 0.1) is 5.56 Å². The van der Waals surface area contributed by atoms with Gasteiger partial charge in [-0.2, -0.15) is 13.2 Å². The van der Waals surface area contributed by atoms with Crippen LogP contribution in [-0.2, 0) is 10.9 Å². The number of hydrogen-bond acceptors (Lipinski definition) is 4. The Morgan fingerprint density at radius 1 is 1.19 bits per heavy atom. The van der Waals surface area contributed by atoms with E-state index >= 15 is 0 Å². The molecule has 4 amide bonds. The number of nitrogens with zero attached hydrogens (tertiary/aromatic N) is 1. The molecule has 0 bridgehead atoms. The van der Waals surface area contributed by atoms with Gasteiger partial charge in [0.1, 0.15) is 0 Å². The van der Waals surface area contributed by atoms with E-state index in [4.69, 9.17) is 4.74 Å². The molecule has 0 aromatic heterocycles. The summed E-state index contributed by atoms with van der Waals surface area (Å²) in [4.78, 5) is 25.8. The number of rotatable bonds is 4. The normalized spacial score (nSPS) is 21.0. The van der Waals surface area contributed by atoms with Crippen LogP contribution < -0.4 is 16.0 Å². The highest BCUT2D eigenvalue weighted by Crippen LogP contribution is 2.30. The third-order valence-electron chi connectivity index (χ3n) is 4.66. The smallest absolute Gasteiger partial charge is 0.381 e. The predicted octanol–water partition coefficient (Wildman–Crippen LogP) is 2.55. The van der Waals surface area contributed by atoms with Crippen LogP contribution in [0.1, 0.15) is 36.9 Å². The molecule has 3 N–H and O–H groups in total. The summed E-state index contributed by atoms with van der Waals surface area (Å²) in [5, 5.41) is 8.16. The van der Waals surface area contributed by atoms with Gasteiger partial charge in [0.2, 0.25) is 0 Å². The van der Waals surface area contributed by atoms with Crippen molar-refractivity contribution >= 4 is 12.1 Å². The van der Waals surface area contributed by atoms with E-state index in [1.165, 1.54) is 6.07 Å². The van der Waals surface area contributed by atoms with Crippen LogP contribution in [0.4, 0.5) is 22.8 Å². The molecule has 1 unspecified atom stereocenters. The van der Waals surface area contributed by atoms with Crippen LogP contribution in [0.25, 0.3) is 0 Å². The minimum atomic E-state index is -4.44. The second-order valence-corrected chi connectivity index (χ2v) is 6.56. The first-order chi connectivity index (χ1) is 12.8. The molecule has 0 spiro atoms. The molecular weight excluding hydrogens is 365 g/mol. The summed E-state index contributed by atoms with van der Waals surface area (Å²) in [6, 6.07) is 3.05. The standard InChI is InChI=1S/C17H21F3N4O3/c1-10(11-3-2-4-12(9-11)17(18,19)20)21-14-22-15(25)24(16(26)23-14)13-5-7-27-8-6-13/h2-4,9-10,13-14,21H,5-8H2,1H3,(H,22,25)(H,23,26). The molecule has 2 aliphatic rings. The SMILES string of the molecule is CC(NC1NC(=O)N(C2CCOCC2)C(=O)N1)c1cccc(C(F)(F)F)c1. The molecule has 7 nitrogen and oxygen atoms in total. The van der Waals surface area contributed by atoms with E-state index in [2.05, 4.69) is 16.0 Å². The minimum absolute atomic E-state index is 0.236. The molecule has 2 aliphatic heterocycles. The number of carbonyl (C=O) groups is 2. The van der Waals surface area contributed by atoms with Crippen LogP contribution in [0.2, 0.25) is 0 Å². The number of benzene rings is 1. The average Bonchev–Trinajstić information content (AvgIpc) is 2.61. The van der Waals surface area contributed by atoms with Crippen molar-refractivity contribution in [3.8, 4) is 0 Å². The van der Waals surface area contributed by atoms with Crippen LogP contribution >= 0.6 is 0 Å². The highest BCUT2D eigenvalue weighted by molar-refractivity contribution is 5.96. The van der Waals surface area contributed by atoms with Gasteiger partial charge in [-0.1, -0.05) is 12.1 Å². The molecule has 2 heterocycles. The van der Waals surface area contributed by atoms with E-state index in [1.807, 2.05) is 0 Å². The van der Waals surface area contributed by atoms with Crippen molar-refractivity contribution in [3.05, 3.63) is 35.4 Å². The molecule has 3 rings (SSSR count). The summed E-state index contributed by atoms with van der Waals surface area (Å²) < 4.78 is 43.8. The zero-order valence-corrected chi connectivity index (χ0v) is 14.7. The zero-order valence-electron chi connectivity index (χ0n) is 14.7. The summed E-state index contributed by atoms with van der Waals surface area (Å²) in [6.07, 6.45) is -4.18. The first-order valence-electron chi connectivity index (χ1n) is 8.67. The van der Waals surface area contributed by atoms with Crippen molar-refractivity contribution in [2.24, 2.45) is 0 Å². The predicted molar refractivity (Wildman–Crippen MR) is 89.5 cm³/mol. The number of urea groups is 2. The van der Waals surface area contributed by atoms with Crippen molar-refractivity contribution in [2.75, 3.05) is 13.2 Å². The first kappa shape index (κ1) is 19.4. The molecule has 2 saturated heterocycles. The summed E-state index contributed by atoms with van der Waals surface area (Å²) in [5.41, 5.74) is -0.365. The highest BCUT2D eigenvalue weighted by Gasteiger charge is 2.37. The van der Waals surface area contributed by atoms with Crippen LogP contribution in [-0.4, -0.2) is 42.5 Å². The maximum absolute atomic E-state index is 12.9. The molecule has 10 heteroatoms. The van der Waals surface area contributed by atoms with Crippen LogP contribution in [0, 0.1) is 0 Å². The zero-order chi connectivity index (χ0) is 19.6. The summed E-state index contributed by atoms with van der Waals surface area (Å²) in [6.45, 7) is 2.62. The summed E-state index contributed by atoms with van der Waals surface area (Å²) in [7, 11) is 0. The number of ether oxygens (including phenoxy) is 1. The molecule has 1 aromatic carbocycles. The molecule has 0 saturated carbocycles. The molecule has 148 valence electrons. The topological polar surface area (TPSA) is 82.7 Å². The Morgan fingerprint density at radius 2 is 1.81 bits per heavy atom. The number of hydrogen-bond donors (Lipinski definition) is 3. The maximum atomic E-state index is 12.9. The Hall–Kier alpha value is -2.33. The maximum Gasteiger partial charge on any atom is 0.416 e. The molecule has 0 radical (unpaired) electrons. The first-order valence-corrected chi connectivity index (χ1v) is 8.67. The van der Waals surface area contributed by atoms with Crippen molar-refractivity contribution in [3.63, 3.8) is 0 Å². The fourth-order valence-corrected chi connectivity index (χ4v) is 3.20. The van der Waals surface area contributed by atoms with E-state index in [9.17, 15) is 22.8 Å². The molecule has 27 heavy (non-hydrogen) atoms. The monoisotopic (exact) mass is 386 g/mol. The van der Waals surface area contributed by atoms with Gasteiger partial charge in [0.15, 0.2) is 6.29 Å². The number of halogens is 3. The fourth-order valence-electron chi connectivity index (χ4n) is 3.20. The second kappa shape index (κ2) is 7.73. The van der Waals surface area contributed by atoms with Crippen LogP contribution in [0.5, 0.6) is 0 Å². The van der Waals surface area contributed by atoms with Gasteiger partial charge in [-0.05, 0) is 37.5 Å². The number of imide groups is 1. The van der Waals surface area contributed by atoms with Crippen molar-refractivity contribution in [1.29, 1.82) is 0 Å². The summed E-state index contributed by atoms with van der Waals surface area (Å²) in [5.74, 6) is 0. The van der Waals surface area contributed by atoms with E-state index in [-0.39, 0.29) is 6.04 Å². The Bertz CT molecular complexity index is 689. The van der Waals surface area contributed by atoms with Gasteiger partial charge >= 0.3 is 18.2 Å². The van der Waals surface area contributed by atoms with Gasteiger partial charge in [-0.3, -0.25) is 5.32 Å². The van der Waals surface area contributed by atoms with Gasteiger partial charge in [-0.15, -0.1) is 0 Å². The van der Waals surface area contributed by atoms with E-state index in [1.54, 1.807) is 13.0 Å². The lowest BCUT2D eigenvalue weighted by Gasteiger charge is -2.39. The number of nitrogens with one attached hydrogen (secondary N) is 3. The van der Waals surface area contributed by atoms with E-state index in [0.717, 1.165) is 17.0 Å². The lowest BCUT2D eigenvalue weighted by Crippen LogP contribution is -2.70. The Kier molecular flexibility index (Phi) is 5.56. The highest BCUT2D eigenvalue weighted by atomic mass is 19.4. The number of carbonyl (C=O) groups excluding carboxylic acids is 2. The van der Waals surface area contributed by atoms with Gasteiger partial charge in [-0.25, -0.2) is 14.5 Å². The van der Waals surface area contributed by atoms with Gasteiger partial charge in [0.25, 0.3) is 0 Å². The quantitative estimate of drug-likeness (QED) is 0.743. The van der Waals surface area contributed by atoms with Crippen LogP contribution in [0.3, 0.4) is 0 Å². The minimum Gasteiger partial charge on any atom is -0.381 e. The molecular formula is C17H21F3N4O3.